The Labute approximate surface area is 129 Å². The number of nitrogens with one attached hydrogen (secondary N) is 1. The molecule has 0 amide bonds. The summed E-state index contributed by atoms with van der Waals surface area (Å²) in [4.78, 5) is 0. The maximum absolute atomic E-state index is 3.76. The van der Waals surface area contributed by atoms with Crippen molar-refractivity contribution < 1.29 is 0 Å². The summed E-state index contributed by atoms with van der Waals surface area (Å²) in [5.41, 5.74) is 3.12. The predicted molar refractivity (Wildman–Crippen MR) is 91.5 cm³/mol. The summed E-state index contributed by atoms with van der Waals surface area (Å²) in [5.74, 6) is 0. The van der Waals surface area contributed by atoms with E-state index in [1.165, 1.54) is 11.1 Å². The van der Waals surface area contributed by atoms with Gasteiger partial charge in [0.25, 0.3) is 0 Å². The lowest BCUT2D eigenvalue weighted by Gasteiger charge is -2.25. The van der Waals surface area contributed by atoms with Gasteiger partial charge in [0.05, 0.1) is 0 Å². The molecule has 112 valence electrons. The van der Waals surface area contributed by atoms with E-state index in [4.69, 9.17) is 0 Å². The van der Waals surface area contributed by atoms with Crippen LogP contribution in [0.4, 0.5) is 0 Å². The van der Waals surface area contributed by atoms with Crippen molar-refractivity contribution in [1.82, 2.24) is 5.32 Å². The molecule has 1 heteroatoms. The highest BCUT2D eigenvalue weighted by Gasteiger charge is 2.15. The Morgan fingerprint density at radius 2 is 1.19 bits per heavy atom. The van der Waals surface area contributed by atoms with Crippen LogP contribution in [0.2, 0.25) is 0 Å². The number of rotatable bonds is 6. The molecule has 0 aliphatic rings. The van der Waals surface area contributed by atoms with E-state index in [0.717, 1.165) is 19.4 Å². The van der Waals surface area contributed by atoms with Crippen LogP contribution < -0.4 is 5.32 Å². The van der Waals surface area contributed by atoms with Crippen LogP contribution in [-0.2, 0) is 12.8 Å². The lowest BCUT2D eigenvalue weighted by Crippen LogP contribution is -2.38. The topological polar surface area (TPSA) is 12.0 Å². The standard InChI is InChI=1S/C20H27N/c1-20(2,3)16-21-19(14-17-10-6-4-7-11-17)15-18-12-8-5-9-13-18/h4-13,19,21H,14-16H2,1-3H3. The Balaban J connectivity index is 2.03. The Morgan fingerprint density at radius 1 is 0.762 bits per heavy atom. The molecule has 0 atom stereocenters. The van der Waals surface area contributed by atoms with E-state index in [1.807, 2.05) is 0 Å². The Bertz CT molecular complexity index is 469. The van der Waals surface area contributed by atoms with Crippen molar-refractivity contribution in [1.29, 1.82) is 0 Å². The van der Waals surface area contributed by atoms with Crippen molar-refractivity contribution in [3.8, 4) is 0 Å². The molecule has 2 rings (SSSR count). The normalized spacial score (nSPS) is 11.8. The van der Waals surface area contributed by atoms with Crippen LogP contribution in [0.3, 0.4) is 0 Å². The molecular formula is C20H27N. The zero-order valence-electron chi connectivity index (χ0n) is 13.5. The minimum Gasteiger partial charge on any atom is -0.313 e. The van der Waals surface area contributed by atoms with Gasteiger partial charge in [0.15, 0.2) is 0 Å². The molecule has 0 spiro atoms. The van der Waals surface area contributed by atoms with Crippen molar-refractivity contribution in [2.75, 3.05) is 6.54 Å². The summed E-state index contributed by atoms with van der Waals surface area (Å²) < 4.78 is 0. The van der Waals surface area contributed by atoms with Crippen molar-refractivity contribution in [2.45, 2.75) is 39.7 Å². The highest BCUT2D eigenvalue weighted by atomic mass is 14.9. The van der Waals surface area contributed by atoms with Gasteiger partial charge in [-0.3, -0.25) is 0 Å². The SMILES string of the molecule is CC(C)(C)CNC(Cc1ccccc1)Cc1ccccc1. The summed E-state index contributed by atoms with van der Waals surface area (Å²) in [5, 5.41) is 3.76. The summed E-state index contributed by atoms with van der Waals surface area (Å²) in [6.45, 7) is 7.88. The molecule has 1 nitrogen and oxygen atoms in total. The third-order valence-corrected chi connectivity index (χ3v) is 3.57. The molecule has 0 bridgehead atoms. The predicted octanol–water partition coefficient (Wildman–Crippen LogP) is 4.48. The molecule has 0 aliphatic heterocycles. The summed E-state index contributed by atoms with van der Waals surface area (Å²) in [6.07, 6.45) is 2.15. The van der Waals surface area contributed by atoms with E-state index >= 15 is 0 Å². The number of hydrogen-bond donors (Lipinski definition) is 1. The maximum atomic E-state index is 3.76. The second-order valence-corrected chi connectivity index (χ2v) is 7.02. The molecule has 21 heavy (non-hydrogen) atoms. The molecule has 0 aromatic heterocycles. The van der Waals surface area contributed by atoms with Gasteiger partial charge in [-0.15, -0.1) is 0 Å². The van der Waals surface area contributed by atoms with Crippen LogP contribution in [0, 0.1) is 5.41 Å². The van der Waals surface area contributed by atoms with Gasteiger partial charge in [-0.1, -0.05) is 81.4 Å². The first-order chi connectivity index (χ1) is 10.0. The van der Waals surface area contributed by atoms with E-state index in [9.17, 15) is 0 Å². The third-order valence-electron chi connectivity index (χ3n) is 3.57. The summed E-state index contributed by atoms with van der Waals surface area (Å²) in [7, 11) is 0. The van der Waals surface area contributed by atoms with E-state index in [0.29, 0.717) is 11.5 Å². The second-order valence-electron chi connectivity index (χ2n) is 7.02. The van der Waals surface area contributed by atoms with Crippen molar-refractivity contribution >= 4 is 0 Å². The first kappa shape index (κ1) is 15.8. The Hall–Kier alpha value is -1.60. The average Bonchev–Trinajstić information content (AvgIpc) is 2.46. The van der Waals surface area contributed by atoms with Crippen LogP contribution in [0.25, 0.3) is 0 Å². The van der Waals surface area contributed by atoms with Crippen LogP contribution in [0.5, 0.6) is 0 Å². The maximum Gasteiger partial charge on any atom is 0.0148 e. The smallest absolute Gasteiger partial charge is 0.0148 e. The third kappa shape index (κ3) is 6.14. The highest BCUT2D eigenvalue weighted by molar-refractivity contribution is 5.19. The van der Waals surface area contributed by atoms with Gasteiger partial charge in [0.2, 0.25) is 0 Å². The largest absolute Gasteiger partial charge is 0.313 e. The number of hydrogen-bond acceptors (Lipinski definition) is 1. The van der Waals surface area contributed by atoms with Gasteiger partial charge in [-0.25, -0.2) is 0 Å². The summed E-state index contributed by atoms with van der Waals surface area (Å²) in [6, 6.07) is 22.0. The van der Waals surface area contributed by atoms with Crippen LogP contribution in [0.15, 0.2) is 60.7 Å². The van der Waals surface area contributed by atoms with Crippen molar-refractivity contribution in [3.63, 3.8) is 0 Å². The van der Waals surface area contributed by atoms with Crippen LogP contribution >= 0.6 is 0 Å². The zero-order chi connectivity index (χ0) is 15.1. The van der Waals surface area contributed by atoms with Crippen LogP contribution in [0.1, 0.15) is 31.9 Å². The lowest BCUT2D eigenvalue weighted by atomic mass is 9.94. The minimum absolute atomic E-state index is 0.311. The minimum atomic E-state index is 0.311. The van der Waals surface area contributed by atoms with E-state index < -0.39 is 0 Å². The van der Waals surface area contributed by atoms with E-state index in [-0.39, 0.29) is 0 Å². The lowest BCUT2D eigenvalue weighted by molar-refractivity contribution is 0.347. The molecule has 0 unspecified atom stereocenters. The first-order valence-corrected chi connectivity index (χ1v) is 7.84. The molecule has 0 saturated heterocycles. The fourth-order valence-corrected chi connectivity index (χ4v) is 2.46. The van der Waals surface area contributed by atoms with Gasteiger partial charge in [0, 0.05) is 12.6 Å². The average molecular weight is 281 g/mol. The van der Waals surface area contributed by atoms with E-state index in [1.54, 1.807) is 0 Å². The second kappa shape index (κ2) is 7.42. The molecule has 0 radical (unpaired) electrons. The first-order valence-electron chi connectivity index (χ1n) is 7.84. The Kier molecular flexibility index (Phi) is 5.58. The van der Waals surface area contributed by atoms with Gasteiger partial charge < -0.3 is 5.32 Å². The monoisotopic (exact) mass is 281 g/mol. The molecule has 2 aromatic carbocycles. The molecule has 0 aliphatic carbocycles. The van der Waals surface area contributed by atoms with Crippen LogP contribution in [-0.4, -0.2) is 12.6 Å². The van der Waals surface area contributed by atoms with Crippen molar-refractivity contribution in [2.24, 2.45) is 5.41 Å². The zero-order valence-corrected chi connectivity index (χ0v) is 13.5. The van der Waals surface area contributed by atoms with Crippen molar-refractivity contribution in [3.05, 3.63) is 71.8 Å². The van der Waals surface area contributed by atoms with Gasteiger partial charge in [-0.05, 0) is 29.4 Å². The quantitative estimate of drug-likeness (QED) is 0.823. The highest BCUT2D eigenvalue weighted by Crippen LogP contribution is 2.14. The molecule has 2 aromatic rings. The van der Waals surface area contributed by atoms with Gasteiger partial charge in [-0.2, -0.15) is 0 Å². The van der Waals surface area contributed by atoms with Gasteiger partial charge >= 0.3 is 0 Å². The van der Waals surface area contributed by atoms with E-state index in [2.05, 4.69) is 86.8 Å². The fraction of sp³-hybridized carbons (Fsp3) is 0.400. The number of benzene rings is 2. The molecule has 0 heterocycles. The summed E-state index contributed by atoms with van der Waals surface area (Å²) >= 11 is 0. The molecular weight excluding hydrogens is 254 g/mol. The fourth-order valence-electron chi connectivity index (χ4n) is 2.46. The molecule has 1 N–H and O–H groups in total. The molecule has 0 saturated carbocycles. The Morgan fingerprint density at radius 3 is 1.57 bits per heavy atom. The molecule has 0 fully saturated rings. The van der Waals surface area contributed by atoms with Gasteiger partial charge in [0.1, 0.15) is 0 Å².